The van der Waals surface area contributed by atoms with Crippen molar-refractivity contribution >= 4 is 16.7 Å². The van der Waals surface area contributed by atoms with E-state index in [-0.39, 0.29) is 17.2 Å². The molecule has 0 radical (unpaired) electrons. The highest BCUT2D eigenvalue weighted by Crippen LogP contribution is 2.40. The van der Waals surface area contributed by atoms with Gasteiger partial charge in [0.15, 0.2) is 28.6 Å². The van der Waals surface area contributed by atoms with Crippen molar-refractivity contribution in [3.63, 3.8) is 0 Å². The summed E-state index contributed by atoms with van der Waals surface area (Å²) in [5, 5.41) is 24.1. The van der Waals surface area contributed by atoms with E-state index >= 15 is 0 Å². The van der Waals surface area contributed by atoms with Gasteiger partial charge in [-0.2, -0.15) is 5.10 Å². The molecule has 0 bridgehead atoms. The summed E-state index contributed by atoms with van der Waals surface area (Å²) in [4.78, 5) is 4.60. The molecule has 5 rings (SSSR count). The standard InChI is InChI=1S/C21H18N6O3/c1-12-4-6-14(7-5-12)27-20-15(10-23-27)21-25-24-19(26(21)11-22-20)13-8-16(29-2)18(28)17(9-13)30-3/h4-11,28H,1-3H3. The fraction of sp³-hybridized carbons (Fsp3) is 0.143. The Morgan fingerprint density at radius 3 is 2.30 bits per heavy atom. The molecule has 2 aromatic carbocycles. The molecule has 3 aromatic heterocycles. The topological polar surface area (TPSA) is 99.6 Å². The van der Waals surface area contributed by atoms with Crippen LogP contribution in [0.1, 0.15) is 5.56 Å². The van der Waals surface area contributed by atoms with E-state index in [1.54, 1.807) is 33.7 Å². The largest absolute Gasteiger partial charge is 0.502 e. The maximum absolute atomic E-state index is 10.2. The highest BCUT2D eigenvalue weighted by molar-refractivity contribution is 5.90. The molecule has 0 saturated carbocycles. The Morgan fingerprint density at radius 1 is 0.933 bits per heavy atom. The number of ether oxygens (including phenoxy) is 2. The first-order valence-corrected chi connectivity index (χ1v) is 9.20. The third-order valence-corrected chi connectivity index (χ3v) is 4.99. The van der Waals surface area contributed by atoms with Crippen molar-refractivity contribution in [3.8, 4) is 34.3 Å². The van der Waals surface area contributed by atoms with E-state index < -0.39 is 0 Å². The number of methoxy groups -OCH3 is 2. The number of benzene rings is 2. The molecule has 0 aliphatic carbocycles. The number of hydrogen-bond acceptors (Lipinski definition) is 7. The lowest BCUT2D eigenvalue weighted by molar-refractivity contribution is 0.340. The molecule has 0 spiro atoms. The highest BCUT2D eigenvalue weighted by Gasteiger charge is 2.18. The van der Waals surface area contributed by atoms with Gasteiger partial charge in [0.25, 0.3) is 0 Å². The van der Waals surface area contributed by atoms with Gasteiger partial charge in [0.05, 0.1) is 31.5 Å². The van der Waals surface area contributed by atoms with Crippen LogP contribution in [0.3, 0.4) is 0 Å². The van der Waals surface area contributed by atoms with Crippen LogP contribution < -0.4 is 9.47 Å². The molecule has 9 heteroatoms. The van der Waals surface area contributed by atoms with Crippen LogP contribution in [0, 0.1) is 6.92 Å². The van der Waals surface area contributed by atoms with E-state index in [1.807, 2.05) is 31.2 Å². The molecular formula is C21H18N6O3. The predicted molar refractivity (Wildman–Crippen MR) is 110 cm³/mol. The Morgan fingerprint density at radius 2 is 1.63 bits per heavy atom. The van der Waals surface area contributed by atoms with Crippen LogP contribution in [0.2, 0.25) is 0 Å². The summed E-state index contributed by atoms with van der Waals surface area (Å²) in [6.07, 6.45) is 3.39. The molecule has 0 atom stereocenters. The maximum atomic E-state index is 10.2. The second-order valence-corrected chi connectivity index (χ2v) is 6.82. The number of rotatable bonds is 4. The van der Waals surface area contributed by atoms with Crippen LogP contribution in [0.5, 0.6) is 17.2 Å². The van der Waals surface area contributed by atoms with Gasteiger partial charge in [0.2, 0.25) is 5.75 Å². The fourth-order valence-corrected chi connectivity index (χ4v) is 3.42. The number of aryl methyl sites for hydroxylation is 1. The normalized spacial score (nSPS) is 11.3. The van der Waals surface area contributed by atoms with E-state index in [2.05, 4.69) is 20.3 Å². The molecule has 9 nitrogen and oxygen atoms in total. The van der Waals surface area contributed by atoms with Crippen molar-refractivity contribution in [1.82, 2.24) is 29.4 Å². The van der Waals surface area contributed by atoms with Gasteiger partial charge in [-0.3, -0.25) is 4.40 Å². The zero-order chi connectivity index (χ0) is 20.8. The van der Waals surface area contributed by atoms with Crippen molar-refractivity contribution in [2.45, 2.75) is 6.92 Å². The number of fused-ring (bicyclic) bond motifs is 3. The lowest BCUT2D eigenvalue weighted by atomic mass is 10.1. The minimum absolute atomic E-state index is 0.0718. The molecular weight excluding hydrogens is 384 g/mol. The SMILES string of the molecule is COc1cc(-c2nnc3c4cnn(-c5ccc(C)cc5)c4ncn23)cc(OC)c1O. The molecule has 30 heavy (non-hydrogen) atoms. The molecule has 1 N–H and O–H groups in total. The first-order chi connectivity index (χ1) is 14.6. The predicted octanol–water partition coefficient (Wildman–Crippen LogP) is 3.16. The van der Waals surface area contributed by atoms with Gasteiger partial charge in [-0.1, -0.05) is 17.7 Å². The molecule has 0 amide bonds. The second kappa shape index (κ2) is 6.73. The van der Waals surface area contributed by atoms with Crippen molar-refractivity contribution in [3.05, 3.63) is 54.5 Å². The van der Waals surface area contributed by atoms with Gasteiger partial charge in [0.1, 0.15) is 6.33 Å². The summed E-state index contributed by atoms with van der Waals surface area (Å²) in [5.41, 5.74) is 4.07. The second-order valence-electron chi connectivity index (χ2n) is 6.82. The van der Waals surface area contributed by atoms with E-state index in [0.29, 0.717) is 22.7 Å². The van der Waals surface area contributed by atoms with Gasteiger partial charge >= 0.3 is 0 Å². The number of aromatic hydroxyl groups is 1. The summed E-state index contributed by atoms with van der Waals surface area (Å²) < 4.78 is 14.1. The summed E-state index contributed by atoms with van der Waals surface area (Å²) in [7, 11) is 2.95. The smallest absolute Gasteiger partial charge is 0.200 e. The Kier molecular flexibility index (Phi) is 4.02. The quantitative estimate of drug-likeness (QED) is 0.493. The number of phenolic OH excluding ortho intramolecular Hbond substituents is 1. The van der Waals surface area contributed by atoms with Crippen molar-refractivity contribution in [2.75, 3.05) is 14.2 Å². The molecule has 0 aliphatic rings. The highest BCUT2D eigenvalue weighted by atomic mass is 16.5. The van der Waals surface area contributed by atoms with E-state index in [0.717, 1.165) is 11.1 Å². The van der Waals surface area contributed by atoms with Gasteiger partial charge in [-0.25, -0.2) is 9.67 Å². The first kappa shape index (κ1) is 17.9. The minimum Gasteiger partial charge on any atom is -0.502 e. The maximum Gasteiger partial charge on any atom is 0.200 e. The Bertz CT molecular complexity index is 1360. The average molecular weight is 402 g/mol. The van der Waals surface area contributed by atoms with E-state index in [1.165, 1.54) is 19.8 Å². The number of aromatic nitrogens is 6. The number of phenols is 1. The summed E-state index contributed by atoms with van der Waals surface area (Å²) >= 11 is 0. The van der Waals surface area contributed by atoms with Gasteiger partial charge in [-0.15, -0.1) is 10.2 Å². The molecule has 5 aromatic rings. The number of nitrogens with zero attached hydrogens (tertiary/aromatic N) is 6. The Hall–Kier alpha value is -4.14. The third-order valence-electron chi connectivity index (χ3n) is 4.99. The van der Waals surface area contributed by atoms with E-state index in [9.17, 15) is 5.11 Å². The van der Waals surface area contributed by atoms with Gasteiger partial charge in [-0.05, 0) is 31.2 Å². The first-order valence-electron chi connectivity index (χ1n) is 9.20. The number of hydrogen-bond donors (Lipinski definition) is 1. The molecule has 3 heterocycles. The van der Waals surface area contributed by atoms with Crippen LogP contribution in [-0.4, -0.2) is 48.7 Å². The molecule has 0 saturated heterocycles. The fourth-order valence-electron chi connectivity index (χ4n) is 3.42. The lowest BCUT2D eigenvalue weighted by Gasteiger charge is -2.10. The van der Waals surface area contributed by atoms with Crippen LogP contribution in [0.4, 0.5) is 0 Å². The van der Waals surface area contributed by atoms with Crippen LogP contribution in [0.25, 0.3) is 33.8 Å². The third kappa shape index (κ3) is 2.63. The minimum atomic E-state index is -0.0718. The molecule has 150 valence electrons. The van der Waals surface area contributed by atoms with Crippen molar-refractivity contribution in [2.24, 2.45) is 0 Å². The zero-order valence-corrected chi connectivity index (χ0v) is 16.6. The van der Waals surface area contributed by atoms with Crippen molar-refractivity contribution < 1.29 is 14.6 Å². The van der Waals surface area contributed by atoms with Crippen LogP contribution in [0.15, 0.2) is 48.9 Å². The monoisotopic (exact) mass is 402 g/mol. The summed E-state index contributed by atoms with van der Waals surface area (Å²) in [6, 6.07) is 11.4. The van der Waals surface area contributed by atoms with Gasteiger partial charge in [0, 0.05) is 5.56 Å². The Labute approximate surface area is 171 Å². The summed E-state index contributed by atoms with van der Waals surface area (Å²) in [6.45, 7) is 2.04. The van der Waals surface area contributed by atoms with Gasteiger partial charge < -0.3 is 14.6 Å². The average Bonchev–Trinajstić information content (AvgIpc) is 3.38. The van der Waals surface area contributed by atoms with Crippen molar-refractivity contribution in [1.29, 1.82) is 0 Å². The zero-order valence-electron chi connectivity index (χ0n) is 16.6. The van der Waals surface area contributed by atoms with Crippen LogP contribution in [-0.2, 0) is 0 Å². The molecule has 0 fully saturated rings. The molecule has 0 aliphatic heterocycles. The molecule has 0 unspecified atom stereocenters. The Balaban J connectivity index is 1.68. The summed E-state index contributed by atoms with van der Waals surface area (Å²) in [5.74, 6) is 1.03. The van der Waals surface area contributed by atoms with E-state index in [4.69, 9.17) is 9.47 Å². The lowest BCUT2D eigenvalue weighted by Crippen LogP contribution is -1.99. The van der Waals surface area contributed by atoms with Crippen LogP contribution >= 0.6 is 0 Å².